The molecule has 2 aromatic carbocycles. The van der Waals surface area contributed by atoms with Gasteiger partial charge in [0.15, 0.2) is 6.67 Å². The summed E-state index contributed by atoms with van der Waals surface area (Å²) < 4.78 is 20.3. The van der Waals surface area contributed by atoms with E-state index >= 15 is 0 Å². The number of rotatable bonds is 7. The van der Waals surface area contributed by atoms with Gasteiger partial charge in [-0.15, -0.1) is 5.10 Å². The third-order valence-corrected chi connectivity index (χ3v) is 5.06. The lowest BCUT2D eigenvalue weighted by atomic mass is 10.2. The summed E-state index contributed by atoms with van der Waals surface area (Å²) in [6, 6.07) is 13.1. The minimum Gasteiger partial charge on any atom is -0.409 e. The monoisotopic (exact) mass is 401 g/mol. The molecule has 28 heavy (non-hydrogen) atoms. The zero-order chi connectivity index (χ0) is 19.7. The summed E-state index contributed by atoms with van der Waals surface area (Å²) in [5, 5.41) is 15.4. The molecule has 1 saturated carbocycles. The van der Waals surface area contributed by atoms with Crippen molar-refractivity contribution in [1.29, 1.82) is 0 Å². The molecule has 7 nitrogen and oxygen atoms in total. The van der Waals surface area contributed by atoms with Crippen molar-refractivity contribution in [3.63, 3.8) is 0 Å². The van der Waals surface area contributed by atoms with Crippen LogP contribution in [0.3, 0.4) is 0 Å². The fourth-order valence-electron chi connectivity index (χ4n) is 3.15. The minimum absolute atomic E-state index is 0.0327. The molecule has 144 valence electrons. The van der Waals surface area contributed by atoms with Crippen LogP contribution in [0.15, 0.2) is 52.9 Å². The number of hydrogen-bond acceptors (Lipinski definition) is 5. The average molecular weight is 401 g/mol. The second-order valence-corrected chi connectivity index (χ2v) is 7.22. The number of nitro groups is 1. The number of halogens is 1. The number of nitrogens with one attached hydrogen (secondary N) is 1. The molecule has 1 atom stereocenters. The topological polar surface area (TPSA) is 78.5 Å². The number of hydrogen-bond donors (Lipinski definition) is 1. The number of aromatic nitrogens is 2. The van der Waals surface area contributed by atoms with Gasteiger partial charge < -0.3 is 9.32 Å². The molecule has 0 aliphatic heterocycles. The molecule has 9 heteroatoms. The zero-order valence-corrected chi connectivity index (χ0v) is 15.7. The molecular weight excluding hydrogens is 383 g/mol. The second-order valence-electron chi connectivity index (χ2n) is 6.87. The van der Waals surface area contributed by atoms with E-state index in [1.165, 1.54) is 29.2 Å². The molecule has 0 spiro atoms. The van der Waals surface area contributed by atoms with Crippen LogP contribution in [0, 0.1) is 20.8 Å². The van der Waals surface area contributed by atoms with Crippen molar-refractivity contribution in [2.24, 2.45) is 0 Å². The highest BCUT2D eigenvalue weighted by molar-refractivity contribution is 7.71. The van der Waals surface area contributed by atoms with Crippen molar-refractivity contribution < 1.29 is 18.6 Å². The van der Waals surface area contributed by atoms with E-state index in [1.807, 2.05) is 0 Å². The highest BCUT2D eigenvalue weighted by atomic mass is 32.1. The van der Waals surface area contributed by atoms with Crippen LogP contribution in [0.4, 0.5) is 10.1 Å². The summed E-state index contributed by atoms with van der Waals surface area (Å²) in [6.07, 6.45) is 2.25. The standard InChI is InChI=1S/C19H17FN4O3S/c20-15-6-4-13(5-7-15)11-22(16-8-9-16)12-23-19(28)27-18(21-23)14-2-1-3-17(10-14)24(25)26/h1-7,10,16H,8-9,11-12H2/p+1. The Labute approximate surface area is 165 Å². The number of non-ortho nitro benzene ring substituents is 1. The summed E-state index contributed by atoms with van der Waals surface area (Å²) in [7, 11) is 0. The largest absolute Gasteiger partial charge is 0.409 e. The van der Waals surface area contributed by atoms with Crippen molar-refractivity contribution in [2.75, 3.05) is 0 Å². The van der Waals surface area contributed by atoms with Gasteiger partial charge in [-0.25, -0.2) is 4.39 Å². The van der Waals surface area contributed by atoms with E-state index in [1.54, 1.807) is 28.9 Å². The third-order valence-electron chi connectivity index (χ3n) is 4.76. The van der Waals surface area contributed by atoms with Crippen LogP contribution in [0.25, 0.3) is 11.5 Å². The minimum atomic E-state index is -0.462. The van der Waals surface area contributed by atoms with E-state index in [0.717, 1.165) is 24.9 Å². The summed E-state index contributed by atoms with van der Waals surface area (Å²) in [6.45, 7) is 1.24. The molecule has 1 fully saturated rings. The SMILES string of the molecule is O=[N+]([O-])c1cccc(-c2nn(C[NH+](Cc3ccc(F)cc3)C3CC3)c(=S)o2)c1. The van der Waals surface area contributed by atoms with E-state index in [9.17, 15) is 14.5 Å². The molecular formula is C19H18FN4O3S+. The quantitative estimate of drug-likeness (QED) is 0.374. The van der Waals surface area contributed by atoms with E-state index < -0.39 is 4.92 Å². The molecule has 1 aromatic heterocycles. The molecule has 1 unspecified atom stereocenters. The third kappa shape index (κ3) is 4.15. The fourth-order valence-corrected chi connectivity index (χ4v) is 3.34. The van der Waals surface area contributed by atoms with Crippen LogP contribution < -0.4 is 4.90 Å². The van der Waals surface area contributed by atoms with Gasteiger partial charge in [0.2, 0.25) is 5.89 Å². The Morgan fingerprint density at radius 1 is 1.29 bits per heavy atom. The normalized spacial score (nSPS) is 14.8. The summed E-state index contributed by atoms with van der Waals surface area (Å²) in [5.74, 6) is 0.00247. The Morgan fingerprint density at radius 2 is 2.04 bits per heavy atom. The molecule has 0 bridgehead atoms. The number of nitrogens with zero attached hydrogens (tertiary/aromatic N) is 3. The van der Waals surface area contributed by atoms with Gasteiger partial charge in [-0.3, -0.25) is 10.1 Å². The van der Waals surface area contributed by atoms with Gasteiger partial charge in [0.05, 0.1) is 11.0 Å². The van der Waals surface area contributed by atoms with Crippen molar-refractivity contribution in [3.05, 3.63) is 74.9 Å². The fraction of sp³-hybridized carbons (Fsp3) is 0.263. The van der Waals surface area contributed by atoms with Crippen molar-refractivity contribution in [2.45, 2.75) is 32.1 Å². The zero-order valence-electron chi connectivity index (χ0n) is 14.9. The first-order chi connectivity index (χ1) is 13.5. The highest BCUT2D eigenvalue weighted by Crippen LogP contribution is 2.23. The molecule has 0 saturated heterocycles. The molecule has 4 rings (SSSR count). The maximum atomic E-state index is 13.1. The Kier molecular flexibility index (Phi) is 5.01. The van der Waals surface area contributed by atoms with Gasteiger partial charge in [0.25, 0.3) is 10.5 Å². The van der Waals surface area contributed by atoms with Gasteiger partial charge in [-0.2, -0.15) is 4.68 Å². The predicted molar refractivity (Wildman–Crippen MR) is 102 cm³/mol. The van der Waals surface area contributed by atoms with E-state index in [0.29, 0.717) is 18.3 Å². The highest BCUT2D eigenvalue weighted by Gasteiger charge is 2.34. The average Bonchev–Trinajstić information content (AvgIpc) is 3.47. The van der Waals surface area contributed by atoms with Crippen LogP contribution in [0.1, 0.15) is 18.4 Å². The molecule has 1 aliphatic carbocycles. The summed E-state index contributed by atoms with van der Waals surface area (Å²) in [5.41, 5.74) is 1.51. The van der Waals surface area contributed by atoms with Crippen LogP contribution >= 0.6 is 12.2 Å². The van der Waals surface area contributed by atoms with Gasteiger partial charge in [-0.1, -0.05) is 18.2 Å². The molecule has 1 N–H and O–H groups in total. The lowest BCUT2D eigenvalue weighted by Gasteiger charge is -2.18. The van der Waals surface area contributed by atoms with Crippen LogP contribution in [0.5, 0.6) is 0 Å². The van der Waals surface area contributed by atoms with Crippen molar-refractivity contribution in [1.82, 2.24) is 9.78 Å². The lowest BCUT2D eigenvalue weighted by Crippen LogP contribution is -3.11. The molecule has 0 radical (unpaired) electrons. The molecule has 0 amide bonds. The number of nitro benzene ring substituents is 1. The first-order valence-corrected chi connectivity index (χ1v) is 9.32. The predicted octanol–water partition coefficient (Wildman–Crippen LogP) is 3.12. The van der Waals surface area contributed by atoms with Crippen LogP contribution in [0.2, 0.25) is 0 Å². The first kappa shape index (κ1) is 18.5. The van der Waals surface area contributed by atoms with E-state index in [2.05, 4.69) is 5.10 Å². The smallest absolute Gasteiger partial charge is 0.292 e. The maximum Gasteiger partial charge on any atom is 0.292 e. The first-order valence-electron chi connectivity index (χ1n) is 8.91. The summed E-state index contributed by atoms with van der Waals surface area (Å²) >= 11 is 5.30. The van der Waals surface area contributed by atoms with Gasteiger partial charge >= 0.3 is 0 Å². The molecule has 3 aromatic rings. The number of quaternary nitrogens is 1. The van der Waals surface area contributed by atoms with Crippen LogP contribution in [-0.2, 0) is 13.2 Å². The van der Waals surface area contributed by atoms with Gasteiger partial charge in [-0.05, 0) is 30.4 Å². The van der Waals surface area contributed by atoms with Crippen LogP contribution in [-0.4, -0.2) is 20.7 Å². The number of benzene rings is 2. The van der Waals surface area contributed by atoms with Gasteiger partial charge in [0.1, 0.15) is 12.4 Å². The Bertz CT molecular complexity index is 1060. The van der Waals surface area contributed by atoms with E-state index in [-0.39, 0.29) is 22.2 Å². The van der Waals surface area contributed by atoms with Gasteiger partial charge in [0, 0.05) is 36.1 Å². The summed E-state index contributed by atoms with van der Waals surface area (Å²) in [4.78, 5) is 12.0. The van der Waals surface area contributed by atoms with E-state index in [4.69, 9.17) is 16.6 Å². The Balaban J connectivity index is 1.55. The Morgan fingerprint density at radius 3 is 2.71 bits per heavy atom. The van der Waals surface area contributed by atoms with Crippen molar-refractivity contribution in [3.8, 4) is 11.5 Å². The van der Waals surface area contributed by atoms with Crippen molar-refractivity contribution >= 4 is 17.9 Å². The Hall–Kier alpha value is -2.91. The second kappa shape index (κ2) is 7.61. The molecule has 1 heterocycles. The lowest BCUT2D eigenvalue weighted by molar-refractivity contribution is -0.947. The molecule has 1 aliphatic rings. The maximum absolute atomic E-state index is 13.1.